The Morgan fingerprint density at radius 2 is 1.64 bits per heavy atom. The fourth-order valence-electron chi connectivity index (χ4n) is 2.67. The maximum Gasteiger partial charge on any atom is 0.319 e. The van der Waals surface area contributed by atoms with E-state index in [2.05, 4.69) is 28.1 Å². The van der Waals surface area contributed by atoms with E-state index in [1.807, 2.05) is 18.2 Å². The van der Waals surface area contributed by atoms with Gasteiger partial charge in [0.2, 0.25) is 5.91 Å². The largest absolute Gasteiger partial charge is 0.394 e. The van der Waals surface area contributed by atoms with Crippen molar-refractivity contribution in [1.29, 1.82) is 0 Å². The number of amides is 3. The molecule has 6 nitrogen and oxygen atoms in total. The Balaban J connectivity index is 1.71. The summed E-state index contributed by atoms with van der Waals surface area (Å²) in [5.41, 5.74) is 2.11. The van der Waals surface area contributed by atoms with Crippen molar-refractivity contribution in [3.05, 3.63) is 65.7 Å². The third-order valence-electron chi connectivity index (χ3n) is 4.22. The molecule has 0 heterocycles. The lowest BCUT2D eigenvalue weighted by atomic mass is 10.1. The predicted octanol–water partition coefficient (Wildman–Crippen LogP) is 2.87. The highest BCUT2D eigenvalue weighted by Gasteiger charge is 2.18. The molecular weight excluding hydrogens is 354 g/mol. The predicted molar refractivity (Wildman–Crippen MR) is 111 cm³/mol. The van der Waals surface area contributed by atoms with E-state index in [1.54, 1.807) is 38.1 Å². The van der Waals surface area contributed by atoms with Crippen LogP contribution >= 0.6 is 0 Å². The summed E-state index contributed by atoms with van der Waals surface area (Å²) < 4.78 is 0. The number of aliphatic hydroxyl groups is 1. The van der Waals surface area contributed by atoms with E-state index in [9.17, 15) is 14.7 Å². The van der Waals surface area contributed by atoms with Gasteiger partial charge < -0.3 is 21.1 Å². The van der Waals surface area contributed by atoms with E-state index in [4.69, 9.17) is 0 Å². The molecule has 0 bridgehead atoms. The molecule has 4 N–H and O–H groups in total. The molecule has 0 aliphatic heterocycles. The molecule has 28 heavy (non-hydrogen) atoms. The molecule has 0 aromatic heterocycles. The highest BCUT2D eigenvalue weighted by Crippen LogP contribution is 2.11. The van der Waals surface area contributed by atoms with Gasteiger partial charge >= 0.3 is 6.03 Å². The number of hydrogen-bond acceptors (Lipinski definition) is 3. The smallest absolute Gasteiger partial charge is 0.319 e. The topological polar surface area (TPSA) is 90.5 Å². The highest BCUT2D eigenvalue weighted by molar-refractivity contribution is 5.89. The van der Waals surface area contributed by atoms with Gasteiger partial charge in [0.05, 0.1) is 18.6 Å². The van der Waals surface area contributed by atoms with Gasteiger partial charge in [-0.1, -0.05) is 42.5 Å². The molecule has 0 spiro atoms. The third kappa shape index (κ3) is 7.80. The van der Waals surface area contributed by atoms with Gasteiger partial charge in [-0.2, -0.15) is 0 Å². The minimum Gasteiger partial charge on any atom is -0.394 e. The lowest BCUT2D eigenvalue weighted by Gasteiger charge is -2.23. The first-order chi connectivity index (χ1) is 13.4. The number of carbonyl (C=O) groups excluding carboxylic acids is 2. The van der Waals surface area contributed by atoms with E-state index >= 15 is 0 Å². The summed E-state index contributed by atoms with van der Waals surface area (Å²) in [4.78, 5) is 24.0. The van der Waals surface area contributed by atoms with E-state index in [-0.39, 0.29) is 25.0 Å². The van der Waals surface area contributed by atoms with Crippen molar-refractivity contribution in [2.75, 3.05) is 18.5 Å². The fraction of sp³-hybridized carbons (Fsp3) is 0.364. The number of aryl methyl sites for hydroxylation is 1. The van der Waals surface area contributed by atoms with Gasteiger partial charge in [-0.15, -0.1) is 0 Å². The number of anilines is 1. The molecule has 2 rings (SSSR count). The van der Waals surface area contributed by atoms with Crippen LogP contribution in [0.4, 0.5) is 10.5 Å². The second kappa shape index (κ2) is 10.5. The molecule has 0 fully saturated rings. The molecule has 6 heteroatoms. The van der Waals surface area contributed by atoms with Crippen LogP contribution in [0.2, 0.25) is 0 Å². The van der Waals surface area contributed by atoms with Crippen LogP contribution in [0.3, 0.4) is 0 Å². The van der Waals surface area contributed by atoms with Crippen molar-refractivity contribution >= 4 is 17.6 Å². The van der Waals surface area contributed by atoms with E-state index < -0.39 is 5.54 Å². The van der Waals surface area contributed by atoms with E-state index in [1.165, 1.54) is 5.56 Å². The zero-order valence-corrected chi connectivity index (χ0v) is 16.5. The first-order valence-electron chi connectivity index (χ1n) is 9.47. The molecule has 2 aromatic rings. The minimum atomic E-state index is -0.642. The summed E-state index contributed by atoms with van der Waals surface area (Å²) in [6.07, 6.45) is 2.01. The van der Waals surface area contributed by atoms with Crippen LogP contribution in [0.5, 0.6) is 0 Å². The van der Waals surface area contributed by atoms with Gasteiger partial charge in [-0.3, -0.25) is 4.79 Å². The maximum atomic E-state index is 12.0. The molecule has 0 radical (unpaired) electrons. The van der Waals surface area contributed by atoms with Gasteiger partial charge in [0.15, 0.2) is 0 Å². The maximum absolute atomic E-state index is 12.0. The number of carbonyl (C=O) groups is 2. The SMILES string of the molecule is CC(C)(CO)NC(=O)Cc1ccc(NC(=O)NCCCc2ccccc2)cc1. The average molecular weight is 383 g/mol. The Morgan fingerprint density at radius 3 is 2.29 bits per heavy atom. The van der Waals surface area contributed by atoms with Crippen LogP contribution < -0.4 is 16.0 Å². The summed E-state index contributed by atoms with van der Waals surface area (Å²) in [5, 5.41) is 17.6. The second-order valence-electron chi connectivity index (χ2n) is 7.43. The quantitative estimate of drug-likeness (QED) is 0.502. The van der Waals surface area contributed by atoms with Gasteiger partial charge in [0, 0.05) is 12.2 Å². The van der Waals surface area contributed by atoms with Crippen LogP contribution in [0.25, 0.3) is 0 Å². The zero-order valence-electron chi connectivity index (χ0n) is 16.5. The second-order valence-corrected chi connectivity index (χ2v) is 7.43. The number of benzene rings is 2. The first kappa shape index (κ1) is 21.4. The Bertz CT molecular complexity index is 758. The Morgan fingerprint density at radius 1 is 0.964 bits per heavy atom. The van der Waals surface area contributed by atoms with Crippen molar-refractivity contribution < 1.29 is 14.7 Å². The van der Waals surface area contributed by atoms with Crippen LogP contribution in [-0.2, 0) is 17.6 Å². The van der Waals surface area contributed by atoms with Crippen molar-refractivity contribution in [3.63, 3.8) is 0 Å². The molecular formula is C22H29N3O3. The number of aliphatic hydroxyl groups excluding tert-OH is 1. The summed E-state index contributed by atoms with van der Waals surface area (Å²) in [6, 6.07) is 17.1. The summed E-state index contributed by atoms with van der Waals surface area (Å²) in [6.45, 7) is 3.99. The lowest BCUT2D eigenvalue weighted by Crippen LogP contribution is -2.46. The number of nitrogens with one attached hydrogen (secondary N) is 3. The van der Waals surface area contributed by atoms with Crippen molar-refractivity contribution in [1.82, 2.24) is 10.6 Å². The molecule has 0 saturated heterocycles. The lowest BCUT2D eigenvalue weighted by molar-refractivity contribution is -0.122. The standard InChI is InChI=1S/C22H29N3O3/c1-22(2,16-26)25-20(27)15-18-10-12-19(13-11-18)24-21(28)23-14-6-9-17-7-4-3-5-8-17/h3-5,7-8,10-13,26H,6,9,14-16H2,1-2H3,(H,25,27)(H2,23,24,28). The van der Waals surface area contributed by atoms with E-state index in [0.717, 1.165) is 18.4 Å². The first-order valence-corrected chi connectivity index (χ1v) is 9.47. The molecule has 3 amide bonds. The number of urea groups is 1. The van der Waals surface area contributed by atoms with E-state index in [0.29, 0.717) is 12.2 Å². The van der Waals surface area contributed by atoms with Gasteiger partial charge in [0.25, 0.3) is 0 Å². The van der Waals surface area contributed by atoms with Gasteiger partial charge in [-0.25, -0.2) is 4.79 Å². The monoisotopic (exact) mass is 383 g/mol. The van der Waals surface area contributed by atoms with Crippen molar-refractivity contribution in [2.45, 2.75) is 38.6 Å². The van der Waals surface area contributed by atoms with Crippen LogP contribution in [0.1, 0.15) is 31.4 Å². The Labute approximate surface area is 166 Å². The van der Waals surface area contributed by atoms with Crippen molar-refractivity contribution in [2.24, 2.45) is 0 Å². The summed E-state index contributed by atoms with van der Waals surface area (Å²) >= 11 is 0. The molecule has 0 unspecified atom stereocenters. The molecule has 0 saturated carbocycles. The minimum absolute atomic E-state index is 0.123. The third-order valence-corrected chi connectivity index (χ3v) is 4.22. The van der Waals surface area contributed by atoms with Crippen molar-refractivity contribution in [3.8, 4) is 0 Å². The molecule has 0 aliphatic rings. The fourth-order valence-corrected chi connectivity index (χ4v) is 2.67. The van der Waals surface area contributed by atoms with Crippen LogP contribution in [0, 0.1) is 0 Å². The van der Waals surface area contributed by atoms with Gasteiger partial charge in [-0.05, 0) is 49.9 Å². The molecule has 150 valence electrons. The zero-order chi connectivity index (χ0) is 20.4. The molecule has 0 aliphatic carbocycles. The average Bonchev–Trinajstić information content (AvgIpc) is 2.67. The summed E-state index contributed by atoms with van der Waals surface area (Å²) in [7, 11) is 0. The van der Waals surface area contributed by atoms with Gasteiger partial charge in [0.1, 0.15) is 0 Å². The molecule has 2 aromatic carbocycles. The molecule has 0 atom stereocenters. The van der Waals surface area contributed by atoms with Crippen LogP contribution in [-0.4, -0.2) is 35.7 Å². The van der Waals surface area contributed by atoms with Crippen LogP contribution in [0.15, 0.2) is 54.6 Å². The Hall–Kier alpha value is -2.86. The number of hydrogen-bond donors (Lipinski definition) is 4. The normalized spacial score (nSPS) is 11.0. The Kier molecular flexibility index (Phi) is 8.02. The number of rotatable bonds is 9. The summed E-state index contributed by atoms with van der Waals surface area (Å²) in [5.74, 6) is -0.157. The highest BCUT2D eigenvalue weighted by atomic mass is 16.3.